The number of hydrogen-bond donors (Lipinski definition) is 1. The number of benzene rings is 2. The number of aromatic nitrogens is 2. The zero-order valence-electron chi connectivity index (χ0n) is 19.7. The van der Waals surface area contributed by atoms with Crippen LogP contribution in [0.15, 0.2) is 48.7 Å². The molecule has 7 nitrogen and oxygen atoms in total. The Morgan fingerprint density at radius 2 is 1.91 bits per heavy atom. The summed E-state index contributed by atoms with van der Waals surface area (Å²) < 4.78 is 39.1. The molecular weight excluding hydrogens is 455 g/mol. The molecule has 3 aromatic rings. The van der Waals surface area contributed by atoms with E-state index in [0.29, 0.717) is 36.7 Å². The van der Waals surface area contributed by atoms with Crippen LogP contribution in [0.25, 0.3) is 11.0 Å². The Bertz CT molecular complexity index is 1280. The fourth-order valence-corrected chi connectivity index (χ4v) is 4.34. The summed E-state index contributed by atoms with van der Waals surface area (Å²) in [6, 6.07) is 10.7. The minimum atomic E-state index is -4.44. The molecule has 1 aliphatic heterocycles. The van der Waals surface area contributed by atoms with Crippen LogP contribution in [0.4, 0.5) is 24.7 Å². The number of nitriles is 1. The van der Waals surface area contributed by atoms with E-state index >= 15 is 0 Å². The molecule has 1 saturated heterocycles. The average molecular weight is 482 g/mol. The fraction of sp³-hybridized carbons (Fsp3) is 0.360. The smallest absolute Gasteiger partial charge is 0.351 e. The first-order valence-electron chi connectivity index (χ1n) is 11.3. The van der Waals surface area contributed by atoms with Crippen LogP contribution in [0.3, 0.4) is 0 Å². The summed E-state index contributed by atoms with van der Waals surface area (Å²) in [5.74, 6) is 0.855. The molecule has 2 heterocycles. The zero-order chi connectivity index (χ0) is 25.3. The summed E-state index contributed by atoms with van der Waals surface area (Å²) in [5, 5.41) is 18.7. The lowest BCUT2D eigenvalue weighted by molar-refractivity contribution is -0.137. The Balaban J connectivity index is 1.57. The maximum Gasteiger partial charge on any atom is 0.416 e. The van der Waals surface area contributed by atoms with Gasteiger partial charge in [0.05, 0.1) is 34.5 Å². The lowest BCUT2D eigenvalue weighted by Gasteiger charge is -2.45. The van der Waals surface area contributed by atoms with Gasteiger partial charge in [0.25, 0.3) is 0 Å². The van der Waals surface area contributed by atoms with Gasteiger partial charge in [-0.3, -0.25) is 10.4 Å². The molecule has 2 aromatic carbocycles. The minimum Gasteiger partial charge on any atom is -0.351 e. The maximum atomic E-state index is 13.0. The Hall–Kier alpha value is -3.87. The number of nitrogens with one attached hydrogen (secondary N) is 1. The molecule has 0 aliphatic carbocycles. The normalized spacial score (nSPS) is 16.5. The van der Waals surface area contributed by atoms with E-state index in [2.05, 4.69) is 30.0 Å². The van der Waals surface area contributed by atoms with E-state index in [4.69, 9.17) is 5.41 Å². The molecule has 1 aliphatic rings. The van der Waals surface area contributed by atoms with Crippen molar-refractivity contribution in [3.8, 4) is 6.19 Å². The summed E-state index contributed by atoms with van der Waals surface area (Å²) in [4.78, 5) is 14.1. The van der Waals surface area contributed by atoms with Crippen molar-refractivity contribution in [2.24, 2.45) is 5.92 Å². The summed E-state index contributed by atoms with van der Waals surface area (Å²) in [7, 11) is 0. The third kappa shape index (κ3) is 4.85. The Kier molecular flexibility index (Phi) is 6.52. The van der Waals surface area contributed by atoms with Crippen molar-refractivity contribution in [1.82, 2.24) is 14.9 Å². The van der Waals surface area contributed by atoms with Crippen LogP contribution in [0, 0.1) is 29.7 Å². The molecule has 0 saturated carbocycles. The van der Waals surface area contributed by atoms with Crippen molar-refractivity contribution in [3.63, 3.8) is 0 Å². The molecular formula is C25H26F3N7. The van der Waals surface area contributed by atoms with E-state index < -0.39 is 11.7 Å². The van der Waals surface area contributed by atoms with Gasteiger partial charge in [-0.2, -0.15) is 18.4 Å². The van der Waals surface area contributed by atoms with Crippen molar-refractivity contribution < 1.29 is 13.2 Å². The predicted molar refractivity (Wildman–Crippen MR) is 129 cm³/mol. The van der Waals surface area contributed by atoms with E-state index in [1.807, 2.05) is 41.0 Å². The van der Waals surface area contributed by atoms with Gasteiger partial charge in [0, 0.05) is 19.6 Å². The number of piperazine rings is 1. The number of fused-ring (bicyclic) bond motifs is 1. The van der Waals surface area contributed by atoms with Crippen LogP contribution in [0.5, 0.6) is 0 Å². The molecule has 1 unspecified atom stereocenters. The molecule has 35 heavy (non-hydrogen) atoms. The Morgan fingerprint density at radius 3 is 2.57 bits per heavy atom. The van der Waals surface area contributed by atoms with Crippen molar-refractivity contribution in [1.29, 1.82) is 10.7 Å². The molecule has 1 N–H and O–H groups in total. The lowest BCUT2D eigenvalue weighted by atomic mass is 9.99. The van der Waals surface area contributed by atoms with Crippen LogP contribution in [0.2, 0.25) is 0 Å². The maximum absolute atomic E-state index is 13.0. The van der Waals surface area contributed by atoms with Gasteiger partial charge in [-0.25, -0.2) is 9.88 Å². The summed E-state index contributed by atoms with van der Waals surface area (Å²) in [6.45, 7) is 7.57. The number of para-hydroxylation sites is 1. The SMILES string of the molecule is Cc1ccccc1N(C#N)C(=N)N1CCN(c2cnc3cc(C(F)(F)F)ccc3n2)CC1C(C)C. The molecule has 1 aromatic heterocycles. The first-order valence-corrected chi connectivity index (χ1v) is 11.3. The largest absolute Gasteiger partial charge is 0.416 e. The first-order chi connectivity index (χ1) is 16.6. The van der Waals surface area contributed by atoms with E-state index in [9.17, 15) is 18.4 Å². The molecule has 10 heteroatoms. The number of guanidine groups is 1. The molecule has 182 valence electrons. The topological polar surface area (TPSA) is 83.1 Å². The molecule has 1 atom stereocenters. The third-order valence-electron chi connectivity index (χ3n) is 6.31. The quantitative estimate of drug-likeness (QED) is 0.245. The van der Waals surface area contributed by atoms with Gasteiger partial charge in [0.2, 0.25) is 5.96 Å². The number of anilines is 2. The van der Waals surface area contributed by atoms with Gasteiger partial charge >= 0.3 is 6.18 Å². The van der Waals surface area contributed by atoms with Gasteiger partial charge in [-0.15, -0.1) is 0 Å². The third-order valence-corrected chi connectivity index (χ3v) is 6.31. The van der Waals surface area contributed by atoms with Crippen LogP contribution in [0.1, 0.15) is 25.0 Å². The van der Waals surface area contributed by atoms with Crippen molar-refractivity contribution >= 4 is 28.5 Å². The van der Waals surface area contributed by atoms with E-state index in [1.54, 1.807) is 0 Å². The van der Waals surface area contributed by atoms with E-state index in [1.165, 1.54) is 17.2 Å². The van der Waals surface area contributed by atoms with Gasteiger partial charge in [-0.05, 0) is 42.7 Å². The summed E-state index contributed by atoms with van der Waals surface area (Å²) in [5.41, 5.74) is 1.39. The van der Waals surface area contributed by atoms with Crippen LogP contribution in [-0.4, -0.2) is 46.5 Å². The van der Waals surface area contributed by atoms with Gasteiger partial charge in [-0.1, -0.05) is 32.0 Å². The van der Waals surface area contributed by atoms with Gasteiger partial charge in [0.1, 0.15) is 5.82 Å². The second-order valence-electron chi connectivity index (χ2n) is 8.93. The molecule has 0 amide bonds. The standard InChI is InChI=1S/C25H26F3N7/c1-16(2)22-14-33(23-13-31-20-12-18(25(26,27)28)8-9-19(20)32-23)10-11-34(22)24(30)35(15-29)21-7-5-4-6-17(21)3/h4-9,12-13,16,22,30H,10-11,14H2,1-3H3. The first kappa shape index (κ1) is 24.3. The van der Waals surface area contributed by atoms with Crippen molar-refractivity contribution in [2.75, 3.05) is 29.4 Å². The Morgan fingerprint density at radius 1 is 1.17 bits per heavy atom. The Labute approximate surface area is 201 Å². The lowest BCUT2D eigenvalue weighted by Crippen LogP contribution is -2.60. The van der Waals surface area contributed by atoms with Crippen molar-refractivity contribution in [3.05, 3.63) is 59.8 Å². The highest BCUT2D eigenvalue weighted by Crippen LogP contribution is 2.31. The predicted octanol–water partition coefficient (Wildman–Crippen LogP) is 5.03. The highest BCUT2D eigenvalue weighted by molar-refractivity contribution is 5.97. The minimum absolute atomic E-state index is 0.0822. The highest BCUT2D eigenvalue weighted by Gasteiger charge is 2.35. The highest BCUT2D eigenvalue weighted by atomic mass is 19.4. The fourth-order valence-electron chi connectivity index (χ4n) is 4.34. The number of alkyl halides is 3. The number of hydrogen-bond acceptors (Lipinski definition) is 5. The molecule has 0 spiro atoms. The molecule has 0 radical (unpaired) electrons. The van der Waals surface area contributed by atoms with Gasteiger partial charge in [0.15, 0.2) is 6.19 Å². The van der Waals surface area contributed by atoms with Gasteiger partial charge < -0.3 is 9.80 Å². The number of rotatable bonds is 3. The summed E-state index contributed by atoms with van der Waals surface area (Å²) >= 11 is 0. The van der Waals surface area contributed by atoms with E-state index in [-0.39, 0.29) is 23.4 Å². The average Bonchev–Trinajstić information content (AvgIpc) is 2.84. The number of aryl methyl sites for hydroxylation is 1. The van der Waals surface area contributed by atoms with Crippen molar-refractivity contribution in [2.45, 2.75) is 33.0 Å². The number of halogens is 3. The zero-order valence-corrected chi connectivity index (χ0v) is 19.7. The van der Waals surface area contributed by atoms with Crippen LogP contribution in [-0.2, 0) is 6.18 Å². The van der Waals surface area contributed by atoms with E-state index in [0.717, 1.165) is 17.7 Å². The van der Waals surface area contributed by atoms with Crippen LogP contribution < -0.4 is 9.80 Å². The second-order valence-corrected chi connectivity index (χ2v) is 8.93. The number of nitrogens with zero attached hydrogens (tertiary/aromatic N) is 6. The summed E-state index contributed by atoms with van der Waals surface area (Å²) in [6.07, 6.45) is -0.794. The monoisotopic (exact) mass is 481 g/mol. The molecule has 0 bridgehead atoms. The molecule has 1 fully saturated rings. The molecule has 4 rings (SSSR count). The second kappa shape index (κ2) is 9.41. The van der Waals surface area contributed by atoms with Crippen LogP contribution >= 0.6 is 0 Å².